The molecule has 0 bridgehead atoms. The molecule has 2 aromatic carbocycles. The van der Waals surface area contributed by atoms with E-state index in [1.165, 1.54) is 35.2 Å². The predicted octanol–water partition coefficient (Wildman–Crippen LogP) is 3.60. The van der Waals surface area contributed by atoms with Gasteiger partial charge < -0.3 is 9.64 Å². The maximum atomic E-state index is 5.42. The molecule has 2 aliphatic rings. The number of rotatable bonds is 2. The van der Waals surface area contributed by atoms with E-state index >= 15 is 0 Å². The fraction of sp³-hybridized carbons (Fsp3) is 0.368. The van der Waals surface area contributed by atoms with Gasteiger partial charge in [-0.1, -0.05) is 36.4 Å². The zero-order chi connectivity index (χ0) is 14.1. The molecule has 1 saturated heterocycles. The SMILES string of the molecule is c1ccc2c(c1)CCC2c1ccc(N2CCOCC2)cc1. The molecule has 1 fully saturated rings. The number of nitrogens with zero attached hydrogens (tertiary/aromatic N) is 1. The van der Waals surface area contributed by atoms with E-state index in [4.69, 9.17) is 4.74 Å². The van der Waals surface area contributed by atoms with Gasteiger partial charge in [0.15, 0.2) is 0 Å². The summed E-state index contributed by atoms with van der Waals surface area (Å²) in [5.74, 6) is 0.583. The van der Waals surface area contributed by atoms with E-state index in [-0.39, 0.29) is 0 Å². The molecule has 1 heterocycles. The van der Waals surface area contributed by atoms with Crippen molar-refractivity contribution in [2.45, 2.75) is 18.8 Å². The molecule has 0 aromatic heterocycles. The number of aryl methyl sites for hydroxylation is 1. The summed E-state index contributed by atoms with van der Waals surface area (Å²) in [7, 11) is 0. The van der Waals surface area contributed by atoms with Gasteiger partial charge in [0.25, 0.3) is 0 Å². The molecule has 0 spiro atoms. The predicted molar refractivity (Wildman–Crippen MR) is 86.1 cm³/mol. The summed E-state index contributed by atoms with van der Waals surface area (Å²) in [6, 6.07) is 18.1. The van der Waals surface area contributed by atoms with Crippen LogP contribution in [0.1, 0.15) is 29.0 Å². The van der Waals surface area contributed by atoms with Crippen LogP contribution >= 0.6 is 0 Å². The zero-order valence-corrected chi connectivity index (χ0v) is 12.3. The Balaban J connectivity index is 1.57. The minimum Gasteiger partial charge on any atom is -0.378 e. The first-order valence-electron chi connectivity index (χ1n) is 7.92. The molecule has 1 unspecified atom stereocenters. The Morgan fingerprint density at radius 2 is 1.67 bits per heavy atom. The van der Waals surface area contributed by atoms with Crippen molar-refractivity contribution in [3.8, 4) is 0 Å². The van der Waals surface area contributed by atoms with Crippen molar-refractivity contribution in [2.75, 3.05) is 31.2 Å². The van der Waals surface area contributed by atoms with Crippen molar-refractivity contribution in [1.29, 1.82) is 0 Å². The summed E-state index contributed by atoms with van der Waals surface area (Å²) in [5.41, 5.74) is 5.83. The first-order valence-corrected chi connectivity index (χ1v) is 7.92. The van der Waals surface area contributed by atoms with Gasteiger partial charge in [0, 0.05) is 24.7 Å². The van der Waals surface area contributed by atoms with Crippen LogP contribution in [0.3, 0.4) is 0 Å². The molecule has 2 aromatic rings. The van der Waals surface area contributed by atoms with Crippen molar-refractivity contribution in [2.24, 2.45) is 0 Å². The lowest BCUT2D eigenvalue weighted by atomic mass is 9.93. The van der Waals surface area contributed by atoms with E-state index in [1.54, 1.807) is 0 Å². The van der Waals surface area contributed by atoms with Crippen LogP contribution in [0.15, 0.2) is 48.5 Å². The lowest BCUT2D eigenvalue weighted by Crippen LogP contribution is -2.36. The maximum Gasteiger partial charge on any atom is 0.0642 e. The molecule has 108 valence electrons. The van der Waals surface area contributed by atoms with E-state index in [9.17, 15) is 0 Å². The molecule has 0 radical (unpaired) electrons. The van der Waals surface area contributed by atoms with Gasteiger partial charge >= 0.3 is 0 Å². The standard InChI is InChI=1S/C19H21NO/c1-2-4-18-15(3-1)7-10-19(18)16-5-8-17(9-6-16)20-11-13-21-14-12-20/h1-6,8-9,19H,7,10-14H2. The van der Waals surface area contributed by atoms with Crippen molar-refractivity contribution >= 4 is 5.69 Å². The number of hydrogen-bond acceptors (Lipinski definition) is 2. The topological polar surface area (TPSA) is 12.5 Å². The third-order valence-electron chi connectivity index (χ3n) is 4.80. The Kier molecular flexibility index (Phi) is 3.40. The minimum atomic E-state index is 0.583. The highest BCUT2D eigenvalue weighted by atomic mass is 16.5. The Morgan fingerprint density at radius 3 is 2.48 bits per heavy atom. The summed E-state index contributed by atoms with van der Waals surface area (Å²) in [6.07, 6.45) is 2.46. The third kappa shape index (κ3) is 2.44. The molecule has 1 atom stereocenters. The maximum absolute atomic E-state index is 5.42. The van der Waals surface area contributed by atoms with Crippen LogP contribution in [0.5, 0.6) is 0 Å². The molecule has 0 amide bonds. The Labute approximate surface area is 126 Å². The molecule has 21 heavy (non-hydrogen) atoms. The van der Waals surface area contributed by atoms with Gasteiger partial charge in [0.05, 0.1) is 13.2 Å². The number of ether oxygens (including phenoxy) is 1. The van der Waals surface area contributed by atoms with Crippen LogP contribution in [0.25, 0.3) is 0 Å². The largest absolute Gasteiger partial charge is 0.378 e. The summed E-state index contributed by atoms with van der Waals surface area (Å²) in [5, 5.41) is 0. The lowest BCUT2D eigenvalue weighted by Gasteiger charge is -2.29. The number of fused-ring (bicyclic) bond motifs is 1. The number of morpholine rings is 1. The van der Waals surface area contributed by atoms with Crippen molar-refractivity contribution in [1.82, 2.24) is 0 Å². The van der Waals surface area contributed by atoms with Gasteiger partial charge in [-0.2, -0.15) is 0 Å². The lowest BCUT2D eigenvalue weighted by molar-refractivity contribution is 0.122. The third-order valence-corrected chi connectivity index (χ3v) is 4.80. The van der Waals surface area contributed by atoms with Gasteiger partial charge in [0.2, 0.25) is 0 Å². The Morgan fingerprint density at radius 1 is 0.905 bits per heavy atom. The first kappa shape index (κ1) is 12.9. The van der Waals surface area contributed by atoms with Gasteiger partial charge in [-0.25, -0.2) is 0 Å². The molecule has 2 heteroatoms. The zero-order valence-electron chi connectivity index (χ0n) is 12.3. The van der Waals surface area contributed by atoms with Gasteiger partial charge in [-0.05, 0) is 41.7 Å². The quantitative estimate of drug-likeness (QED) is 0.833. The fourth-order valence-corrected chi connectivity index (χ4v) is 3.64. The van der Waals surface area contributed by atoms with Gasteiger partial charge in [-0.3, -0.25) is 0 Å². The molecular formula is C19H21NO. The van der Waals surface area contributed by atoms with Crippen LogP contribution in [-0.4, -0.2) is 26.3 Å². The van der Waals surface area contributed by atoms with E-state index in [2.05, 4.69) is 53.4 Å². The molecule has 2 nitrogen and oxygen atoms in total. The molecule has 1 aliphatic carbocycles. The van der Waals surface area contributed by atoms with Crippen LogP contribution in [0.2, 0.25) is 0 Å². The molecular weight excluding hydrogens is 258 g/mol. The fourth-order valence-electron chi connectivity index (χ4n) is 3.64. The molecule has 4 rings (SSSR count). The second-order valence-corrected chi connectivity index (χ2v) is 5.98. The second-order valence-electron chi connectivity index (χ2n) is 5.98. The molecule has 0 saturated carbocycles. The van der Waals surface area contributed by atoms with Crippen LogP contribution in [0.4, 0.5) is 5.69 Å². The summed E-state index contributed by atoms with van der Waals surface area (Å²) in [6.45, 7) is 3.70. The summed E-state index contributed by atoms with van der Waals surface area (Å²) < 4.78 is 5.42. The van der Waals surface area contributed by atoms with Crippen LogP contribution in [-0.2, 0) is 11.2 Å². The average molecular weight is 279 g/mol. The van der Waals surface area contributed by atoms with E-state index < -0.39 is 0 Å². The average Bonchev–Trinajstić information content (AvgIpc) is 3.00. The summed E-state index contributed by atoms with van der Waals surface area (Å²) >= 11 is 0. The van der Waals surface area contributed by atoms with Gasteiger partial charge in [0.1, 0.15) is 0 Å². The highest BCUT2D eigenvalue weighted by molar-refractivity contribution is 5.50. The second kappa shape index (κ2) is 5.53. The highest BCUT2D eigenvalue weighted by Gasteiger charge is 2.23. The van der Waals surface area contributed by atoms with Crippen molar-refractivity contribution in [3.05, 3.63) is 65.2 Å². The van der Waals surface area contributed by atoms with Gasteiger partial charge in [-0.15, -0.1) is 0 Å². The number of benzene rings is 2. The molecule has 0 N–H and O–H groups in total. The number of anilines is 1. The van der Waals surface area contributed by atoms with E-state index in [1.807, 2.05) is 0 Å². The smallest absolute Gasteiger partial charge is 0.0642 e. The Hall–Kier alpha value is -1.80. The summed E-state index contributed by atoms with van der Waals surface area (Å²) in [4.78, 5) is 2.41. The van der Waals surface area contributed by atoms with Crippen LogP contribution < -0.4 is 4.90 Å². The first-order chi connectivity index (χ1) is 10.4. The minimum absolute atomic E-state index is 0.583. The highest BCUT2D eigenvalue weighted by Crippen LogP contribution is 2.38. The molecule has 1 aliphatic heterocycles. The Bertz CT molecular complexity index is 614. The van der Waals surface area contributed by atoms with Crippen molar-refractivity contribution < 1.29 is 4.74 Å². The monoisotopic (exact) mass is 279 g/mol. The van der Waals surface area contributed by atoms with E-state index in [0.29, 0.717) is 5.92 Å². The normalized spacial score (nSPS) is 21.3. The van der Waals surface area contributed by atoms with Crippen LogP contribution in [0, 0.1) is 0 Å². The number of hydrogen-bond donors (Lipinski definition) is 0. The van der Waals surface area contributed by atoms with Crippen molar-refractivity contribution in [3.63, 3.8) is 0 Å². The van der Waals surface area contributed by atoms with E-state index in [0.717, 1.165) is 26.3 Å².